The molecule has 0 saturated carbocycles. The summed E-state index contributed by atoms with van der Waals surface area (Å²) in [6.45, 7) is 0.379. The number of rotatable bonds is 5. The van der Waals surface area contributed by atoms with E-state index in [1.165, 1.54) is 4.68 Å². The molecule has 126 valence electrons. The summed E-state index contributed by atoms with van der Waals surface area (Å²) in [6.07, 6.45) is 3.33. The van der Waals surface area contributed by atoms with E-state index in [1.54, 1.807) is 49.8 Å². The minimum Gasteiger partial charge on any atom is -0.347 e. The first kappa shape index (κ1) is 16.4. The van der Waals surface area contributed by atoms with Gasteiger partial charge in [0.25, 0.3) is 11.8 Å². The zero-order valence-electron chi connectivity index (χ0n) is 13.6. The Bertz CT molecular complexity index is 875. The standard InChI is InChI=1S/C18H17N5O2/c1-23-16(21-17(24)14-5-3-2-4-6-14)11-15(22-23)18(25)20-12-13-7-9-19-10-8-13/h2-11H,12H2,1H3,(H,20,25)(H,21,24). The second-order valence-corrected chi connectivity index (χ2v) is 5.40. The largest absolute Gasteiger partial charge is 0.347 e. The van der Waals surface area contributed by atoms with Crippen molar-refractivity contribution in [1.29, 1.82) is 0 Å². The van der Waals surface area contributed by atoms with Crippen molar-refractivity contribution in [3.8, 4) is 0 Å². The van der Waals surface area contributed by atoms with E-state index in [-0.39, 0.29) is 17.5 Å². The van der Waals surface area contributed by atoms with Crippen molar-refractivity contribution in [2.24, 2.45) is 7.05 Å². The number of aryl methyl sites for hydroxylation is 1. The van der Waals surface area contributed by atoms with Crippen molar-refractivity contribution >= 4 is 17.6 Å². The number of aromatic nitrogens is 3. The molecule has 0 aliphatic heterocycles. The molecule has 2 aromatic heterocycles. The normalized spacial score (nSPS) is 10.3. The number of carbonyl (C=O) groups excluding carboxylic acids is 2. The first-order chi connectivity index (χ1) is 12.1. The van der Waals surface area contributed by atoms with Crippen LogP contribution in [0.5, 0.6) is 0 Å². The number of nitrogens with zero attached hydrogens (tertiary/aromatic N) is 3. The topological polar surface area (TPSA) is 88.9 Å². The lowest BCUT2D eigenvalue weighted by molar-refractivity contribution is 0.0944. The zero-order valence-corrected chi connectivity index (χ0v) is 13.6. The lowest BCUT2D eigenvalue weighted by Gasteiger charge is -2.04. The van der Waals surface area contributed by atoms with E-state index < -0.39 is 0 Å². The summed E-state index contributed by atoms with van der Waals surface area (Å²) in [4.78, 5) is 28.4. The van der Waals surface area contributed by atoms with Crippen LogP contribution in [0.3, 0.4) is 0 Å². The zero-order chi connectivity index (χ0) is 17.6. The lowest BCUT2D eigenvalue weighted by atomic mass is 10.2. The molecule has 2 heterocycles. The molecule has 7 nitrogen and oxygen atoms in total. The molecular weight excluding hydrogens is 318 g/mol. The number of pyridine rings is 1. The Morgan fingerprint density at radius 2 is 1.76 bits per heavy atom. The summed E-state index contributed by atoms with van der Waals surface area (Å²) in [5.41, 5.74) is 1.71. The summed E-state index contributed by atoms with van der Waals surface area (Å²) >= 11 is 0. The van der Waals surface area contributed by atoms with Crippen molar-refractivity contribution in [2.75, 3.05) is 5.32 Å². The summed E-state index contributed by atoms with van der Waals surface area (Å²) < 4.78 is 1.46. The maximum Gasteiger partial charge on any atom is 0.272 e. The maximum absolute atomic E-state index is 12.2. The molecule has 0 aliphatic carbocycles. The number of benzene rings is 1. The molecule has 3 aromatic rings. The van der Waals surface area contributed by atoms with Gasteiger partial charge in [-0.3, -0.25) is 19.3 Å². The molecule has 0 radical (unpaired) electrons. The molecule has 25 heavy (non-hydrogen) atoms. The molecule has 0 bridgehead atoms. The van der Waals surface area contributed by atoms with Crippen molar-refractivity contribution in [1.82, 2.24) is 20.1 Å². The van der Waals surface area contributed by atoms with E-state index >= 15 is 0 Å². The second kappa shape index (κ2) is 7.39. The third kappa shape index (κ3) is 4.08. The van der Waals surface area contributed by atoms with Gasteiger partial charge in [0, 0.05) is 37.6 Å². The van der Waals surface area contributed by atoms with Gasteiger partial charge in [-0.2, -0.15) is 5.10 Å². The summed E-state index contributed by atoms with van der Waals surface area (Å²) in [6, 6.07) is 14.0. The minimum atomic E-state index is -0.312. The quantitative estimate of drug-likeness (QED) is 0.746. The van der Waals surface area contributed by atoms with Gasteiger partial charge in [0.1, 0.15) is 5.82 Å². The Labute approximate surface area is 144 Å². The number of nitrogens with one attached hydrogen (secondary N) is 2. The van der Waals surface area contributed by atoms with Crippen molar-refractivity contribution in [2.45, 2.75) is 6.54 Å². The van der Waals surface area contributed by atoms with E-state index in [2.05, 4.69) is 20.7 Å². The highest BCUT2D eigenvalue weighted by molar-refractivity contribution is 6.04. The van der Waals surface area contributed by atoms with Gasteiger partial charge in [0.05, 0.1) is 0 Å². The average Bonchev–Trinajstić information content (AvgIpc) is 3.02. The maximum atomic E-state index is 12.2. The van der Waals surface area contributed by atoms with E-state index in [4.69, 9.17) is 0 Å². The number of hydrogen-bond donors (Lipinski definition) is 2. The summed E-state index contributed by atoms with van der Waals surface area (Å²) in [5.74, 6) is -0.122. The van der Waals surface area contributed by atoms with Crippen molar-refractivity contribution in [3.05, 3.63) is 77.7 Å². The molecule has 0 aliphatic rings. The van der Waals surface area contributed by atoms with Crippen LogP contribution in [0, 0.1) is 0 Å². The highest BCUT2D eigenvalue weighted by atomic mass is 16.2. The number of hydrogen-bond acceptors (Lipinski definition) is 4. The average molecular weight is 335 g/mol. The molecule has 0 spiro atoms. The van der Waals surface area contributed by atoms with Gasteiger partial charge in [-0.05, 0) is 29.8 Å². The van der Waals surface area contributed by atoms with Gasteiger partial charge in [-0.15, -0.1) is 0 Å². The minimum absolute atomic E-state index is 0.236. The molecule has 2 N–H and O–H groups in total. The number of carbonyl (C=O) groups is 2. The van der Waals surface area contributed by atoms with Crippen molar-refractivity contribution < 1.29 is 9.59 Å². The van der Waals surface area contributed by atoms with Crippen LogP contribution in [-0.2, 0) is 13.6 Å². The third-order valence-corrected chi connectivity index (χ3v) is 3.59. The monoisotopic (exact) mass is 335 g/mol. The van der Waals surface area contributed by atoms with E-state index in [9.17, 15) is 9.59 Å². The van der Waals surface area contributed by atoms with Gasteiger partial charge < -0.3 is 10.6 Å². The first-order valence-corrected chi connectivity index (χ1v) is 7.71. The molecule has 0 unspecified atom stereocenters. The Kier molecular flexibility index (Phi) is 4.84. The molecule has 2 amide bonds. The summed E-state index contributed by atoms with van der Waals surface area (Å²) in [5, 5.41) is 9.68. The summed E-state index contributed by atoms with van der Waals surface area (Å²) in [7, 11) is 1.67. The van der Waals surface area contributed by atoms with Crippen molar-refractivity contribution in [3.63, 3.8) is 0 Å². The Balaban J connectivity index is 1.65. The molecule has 0 atom stereocenters. The van der Waals surface area contributed by atoms with E-state index in [0.717, 1.165) is 5.56 Å². The highest BCUT2D eigenvalue weighted by Crippen LogP contribution is 2.11. The number of amides is 2. The molecule has 0 saturated heterocycles. The molecular formula is C18H17N5O2. The van der Waals surface area contributed by atoms with Gasteiger partial charge >= 0.3 is 0 Å². The van der Waals surface area contributed by atoms with E-state index in [0.29, 0.717) is 17.9 Å². The highest BCUT2D eigenvalue weighted by Gasteiger charge is 2.15. The van der Waals surface area contributed by atoms with Gasteiger partial charge in [-0.25, -0.2) is 0 Å². The fourth-order valence-electron chi connectivity index (χ4n) is 2.25. The fraction of sp³-hybridized carbons (Fsp3) is 0.111. The Morgan fingerprint density at radius 3 is 2.48 bits per heavy atom. The SMILES string of the molecule is Cn1nc(C(=O)NCc2ccncc2)cc1NC(=O)c1ccccc1. The molecule has 3 rings (SSSR count). The fourth-order valence-corrected chi connectivity index (χ4v) is 2.25. The third-order valence-electron chi connectivity index (χ3n) is 3.59. The van der Waals surface area contributed by atoms with Gasteiger partial charge in [0.15, 0.2) is 5.69 Å². The Morgan fingerprint density at radius 1 is 1.04 bits per heavy atom. The Hall–Kier alpha value is -3.48. The smallest absolute Gasteiger partial charge is 0.272 e. The van der Waals surface area contributed by atoms with Crippen LogP contribution in [0.15, 0.2) is 60.9 Å². The predicted molar refractivity (Wildman–Crippen MR) is 93.0 cm³/mol. The predicted octanol–water partition coefficient (Wildman–Crippen LogP) is 2.00. The van der Waals surface area contributed by atoms with Crippen LogP contribution in [0.2, 0.25) is 0 Å². The van der Waals surface area contributed by atoms with E-state index in [1.807, 2.05) is 18.2 Å². The van der Waals surface area contributed by atoms with Crippen LogP contribution in [-0.4, -0.2) is 26.6 Å². The molecule has 1 aromatic carbocycles. The number of anilines is 1. The lowest BCUT2D eigenvalue weighted by Crippen LogP contribution is -2.23. The molecule has 0 fully saturated rings. The second-order valence-electron chi connectivity index (χ2n) is 5.40. The van der Waals surface area contributed by atoms with Crippen LogP contribution < -0.4 is 10.6 Å². The van der Waals surface area contributed by atoms with Crippen LogP contribution in [0.1, 0.15) is 26.4 Å². The first-order valence-electron chi connectivity index (χ1n) is 7.71. The van der Waals surface area contributed by atoms with Gasteiger partial charge in [-0.1, -0.05) is 18.2 Å². The van der Waals surface area contributed by atoms with Gasteiger partial charge in [0.2, 0.25) is 0 Å². The van der Waals surface area contributed by atoms with Crippen LogP contribution in [0.25, 0.3) is 0 Å². The van der Waals surface area contributed by atoms with Crippen LogP contribution >= 0.6 is 0 Å². The molecule has 7 heteroatoms. The van der Waals surface area contributed by atoms with Crippen LogP contribution in [0.4, 0.5) is 5.82 Å².